The number of nitrogens with one attached hydrogen (secondary N) is 2. The molecule has 1 atom stereocenters. The van der Waals surface area contributed by atoms with Crippen LogP contribution in [-0.4, -0.2) is 29.6 Å². The van der Waals surface area contributed by atoms with Gasteiger partial charge in [0, 0.05) is 6.04 Å². The van der Waals surface area contributed by atoms with Gasteiger partial charge >= 0.3 is 6.09 Å². The molecule has 8 heteroatoms. The van der Waals surface area contributed by atoms with Gasteiger partial charge in [0.15, 0.2) is 0 Å². The lowest BCUT2D eigenvalue weighted by Crippen LogP contribution is -2.42. The summed E-state index contributed by atoms with van der Waals surface area (Å²) in [7, 11) is 0. The van der Waals surface area contributed by atoms with E-state index < -0.39 is 11.5 Å². The first-order valence-electron chi connectivity index (χ1n) is 8.39. The molecule has 0 aliphatic carbocycles. The van der Waals surface area contributed by atoms with E-state index in [1.165, 1.54) is 23.5 Å². The second-order valence-corrected chi connectivity index (χ2v) is 8.18. The topological polar surface area (TPSA) is 80.3 Å². The van der Waals surface area contributed by atoms with Crippen LogP contribution in [0.4, 0.5) is 9.18 Å². The Balaban J connectivity index is 1.98. The van der Waals surface area contributed by atoms with E-state index in [1.807, 2.05) is 20.8 Å². The molecule has 0 saturated heterocycles. The molecule has 142 valence electrons. The van der Waals surface area contributed by atoms with Crippen molar-refractivity contribution in [3.05, 3.63) is 29.0 Å². The molecule has 1 aromatic carbocycles. The highest BCUT2D eigenvalue weighted by Gasteiger charge is 2.31. The normalized spacial score (nSPS) is 12.9. The molecule has 0 saturated carbocycles. The van der Waals surface area contributed by atoms with Crippen molar-refractivity contribution < 1.29 is 18.7 Å². The molecule has 0 unspecified atom stereocenters. The highest BCUT2D eigenvalue weighted by Crippen LogP contribution is 2.28. The van der Waals surface area contributed by atoms with Crippen molar-refractivity contribution in [1.82, 2.24) is 15.6 Å². The highest BCUT2D eigenvalue weighted by atomic mass is 32.1. The summed E-state index contributed by atoms with van der Waals surface area (Å²) in [5.41, 5.74) is -0.203. The molecule has 0 spiro atoms. The number of carbonyl (C=O) groups is 2. The molecule has 2 N–H and O–H groups in total. The summed E-state index contributed by atoms with van der Waals surface area (Å²) in [5, 5.41) is 6.18. The number of hydrogen-bond acceptors (Lipinski definition) is 5. The van der Waals surface area contributed by atoms with E-state index >= 15 is 0 Å². The van der Waals surface area contributed by atoms with Crippen LogP contribution in [0.1, 0.15) is 45.7 Å². The summed E-state index contributed by atoms with van der Waals surface area (Å²) in [6.45, 7) is 8.82. The van der Waals surface area contributed by atoms with Gasteiger partial charge in [-0.2, -0.15) is 0 Å². The van der Waals surface area contributed by atoms with Gasteiger partial charge in [-0.1, -0.05) is 0 Å². The molecular weight excluding hydrogens is 357 g/mol. The largest absolute Gasteiger partial charge is 0.448 e. The Morgan fingerprint density at radius 3 is 2.62 bits per heavy atom. The third-order valence-corrected chi connectivity index (χ3v) is 4.87. The van der Waals surface area contributed by atoms with Gasteiger partial charge in [-0.15, -0.1) is 11.3 Å². The molecule has 1 aromatic heterocycles. The number of benzene rings is 1. The van der Waals surface area contributed by atoms with E-state index in [0.29, 0.717) is 10.5 Å². The minimum absolute atomic E-state index is 0.0386. The quantitative estimate of drug-likeness (QED) is 0.798. The summed E-state index contributed by atoms with van der Waals surface area (Å²) in [5.74, 6) is -0.574. The van der Waals surface area contributed by atoms with Gasteiger partial charge in [-0.25, -0.2) is 14.2 Å². The molecule has 0 aliphatic rings. The summed E-state index contributed by atoms with van der Waals surface area (Å²) in [4.78, 5) is 28.6. The molecule has 2 amide bonds. The van der Waals surface area contributed by atoms with Crippen LogP contribution >= 0.6 is 11.3 Å². The van der Waals surface area contributed by atoms with Crippen molar-refractivity contribution >= 4 is 33.6 Å². The highest BCUT2D eigenvalue weighted by molar-refractivity contribution is 7.18. The fourth-order valence-corrected chi connectivity index (χ4v) is 3.14. The third kappa shape index (κ3) is 5.14. The van der Waals surface area contributed by atoms with Crippen molar-refractivity contribution in [3.8, 4) is 0 Å². The number of aromatic nitrogens is 1. The van der Waals surface area contributed by atoms with Gasteiger partial charge < -0.3 is 15.4 Å². The zero-order valence-electron chi connectivity index (χ0n) is 15.6. The zero-order chi connectivity index (χ0) is 19.5. The number of amides is 2. The second kappa shape index (κ2) is 7.99. The van der Waals surface area contributed by atoms with Crippen LogP contribution in [0.3, 0.4) is 0 Å². The predicted molar refractivity (Wildman–Crippen MR) is 99.5 cm³/mol. The minimum atomic E-state index is -0.897. The minimum Gasteiger partial charge on any atom is -0.448 e. The lowest BCUT2D eigenvalue weighted by atomic mass is 9.93. The number of rotatable bonds is 6. The summed E-state index contributed by atoms with van der Waals surface area (Å²) in [6.07, 6.45) is -0.554. The monoisotopic (exact) mass is 381 g/mol. The van der Waals surface area contributed by atoms with Crippen LogP contribution in [-0.2, 0) is 9.53 Å². The SMILES string of the molecule is CC(C)NC(=O)OCC(C)(C)C(=O)N[C@H](C)c1nc2ccc(F)cc2s1. The fraction of sp³-hybridized carbons (Fsp3) is 0.500. The van der Waals surface area contributed by atoms with E-state index in [4.69, 9.17) is 4.74 Å². The van der Waals surface area contributed by atoms with Crippen LogP contribution in [0.15, 0.2) is 18.2 Å². The number of fused-ring (bicyclic) bond motifs is 1. The number of hydrogen-bond donors (Lipinski definition) is 2. The number of nitrogens with zero attached hydrogens (tertiary/aromatic N) is 1. The standard InChI is InChI=1S/C18H24FN3O3S/c1-10(2)20-17(24)25-9-18(4,5)16(23)21-11(3)15-22-13-7-6-12(19)8-14(13)26-15/h6-8,10-11H,9H2,1-5H3,(H,20,24)(H,21,23)/t11-/m1/s1. The van der Waals surface area contributed by atoms with Gasteiger partial charge in [0.2, 0.25) is 5.91 Å². The molecule has 26 heavy (non-hydrogen) atoms. The van der Waals surface area contributed by atoms with Crippen LogP contribution < -0.4 is 10.6 Å². The van der Waals surface area contributed by atoms with Gasteiger partial charge in [-0.3, -0.25) is 4.79 Å². The van der Waals surface area contributed by atoms with Crippen LogP contribution in [0, 0.1) is 11.2 Å². The number of halogens is 1. The molecule has 6 nitrogen and oxygen atoms in total. The predicted octanol–water partition coefficient (Wildman–Crippen LogP) is 3.77. The number of alkyl carbamates (subject to hydrolysis) is 1. The van der Waals surface area contributed by atoms with Gasteiger partial charge in [0.25, 0.3) is 0 Å². The van der Waals surface area contributed by atoms with Gasteiger partial charge in [0.1, 0.15) is 17.4 Å². The molecule has 2 rings (SSSR count). The van der Waals surface area contributed by atoms with Gasteiger partial charge in [-0.05, 0) is 52.8 Å². The summed E-state index contributed by atoms with van der Waals surface area (Å²) >= 11 is 1.34. The summed E-state index contributed by atoms with van der Waals surface area (Å²) in [6, 6.07) is 4.02. The molecule has 2 aromatic rings. The number of ether oxygens (including phenoxy) is 1. The first-order chi connectivity index (χ1) is 12.1. The maximum atomic E-state index is 13.3. The molecule has 0 bridgehead atoms. The van der Waals surface area contributed by atoms with E-state index in [1.54, 1.807) is 19.9 Å². The van der Waals surface area contributed by atoms with Gasteiger partial charge in [0.05, 0.1) is 21.7 Å². The first-order valence-corrected chi connectivity index (χ1v) is 9.20. The maximum Gasteiger partial charge on any atom is 0.407 e. The Labute approximate surface area is 156 Å². The average Bonchev–Trinajstić information content (AvgIpc) is 2.95. The van der Waals surface area contributed by atoms with Crippen LogP contribution in [0.25, 0.3) is 10.2 Å². The molecule has 0 aliphatic heterocycles. The molecule has 0 radical (unpaired) electrons. The average molecular weight is 381 g/mol. The fourth-order valence-electron chi connectivity index (χ4n) is 2.14. The van der Waals surface area contributed by atoms with Crippen molar-refractivity contribution in [2.75, 3.05) is 6.61 Å². The third-order valence-electron chi connectivity index (χ3n) is 3.67. The van der Waals surface area contributed by atoms with Crippen molar-refractivity contribution in [2.45, 2.75) is 46.7 Å². The lowest BCUT2D eigenvalue weighted by Gasteiger charge is -2.25. The Kier molecular flexibility index (Phi) is 6.17. The molecular formula is C18H24FN3O3S. The summed E-state index contributed by atoms with van der Waals surface area (Å²) < 4.78 is 19.2. The Morgan fingerprint density at radius 2 is 1.96 bits per heavy atom. The van der Waals surface area contributed by atoms with Crippen molar-refractivity contribution in [3.63, 3.8) is 0 Å². The zero-order valence-corrected chi connectivity index (χ0v) is 16.4. The van der Waals surface area contributed by atoms with E-state index in [0.717, 1.165) is 4.70 Å². The lowest BCUT2D eigenvalue weighted by molar-refractivity contribution is -0.132. The van der Waals surface area contributed by atoms with E-state index in [2.05, 4.69) is 15.6 Å². The Hall–Kier alpha value is -2.22. The van der Waals surface area contributed by atoms with Crippen molar-refractivity contribution in [1.29, 1.82) is 0 Å². The number of carbonyl (C=O) groups excluding carboxylic acids is 2. The smallest absolute Gasteiger partial charge is 0.407 e. The first kappa shape index (κ1) is 20.1. The van der Waals surface area contributed by atoms with E-state index in [-0.39, 0.29) is 30.4 Å². The Morgan fingerprint density at radius 1 is 1.27 bits per heavy atom. The molecule has 1 heterocycles. The Bertz CT molecular complexity index is 804. The second-order valence-electron chi connectivity index (χ2n) is 7.12. The van der Waals surface area contributed by atoms with E-state index in [9.17, 15) is 14.0 Å². The van der Waals surface area contributed by atoms with Crippen LogP contribution in [0.2, 0.25) is 0 Å². The molecule has 0 fully saturated rings. The maximum absolute atomic E-state index is 13.3. The van der Waals surface area contributed by atoms with Crippen molar-refractivity contribution in [2.24, 2.45) is 5.41 Å². The van der Waals surface area contributed by atoms with Crippen LogP contribution in [0.5, 0.6) is 0 Å². The number of thiazole rings is 1.